The predicted molar refractivity (Wildman–Crippen MR) is 197 cm³/mol. The average Bonchev–Trinajstić information content (AvgIpc) is 3.52. The lowest BCUT2D eigenvalue weighted by Gasteiger charge is -2.43. The van der Waals surface area contributed by atoms with E-state index in [-0.39, 0.29) is 0 Å². The number of piperazine rings is 1. The van der Waals surface area contributed by atoms with Crippen molar-refractivity contribution in [1.29, 1.82) is 0 Å². The summed E-state index contributed by atoms with van der Waals surface area (Å²) in [5.74, 6) is 2.69. The van der Waals surface area contributed by atoms with Crippen molar-refractivity contribution in [2.75, 3.05) is 82.3 Å². The van der Waals surface area contributed by atoms with Crippen LogP contribution in [0.2, 0.25) is 5.02 Å². The van der Waals surface area contributed by atoms with Gasteiger partial charge in [0.15, 0.2) is 5.82 Å². The molecule has 250 valence electrons. The van der Waals surface area contributed by atoms with Crippen LogP contribution in [0.1, 0.15) is 25.3 Å². The van der Waals surface area contributed by atoms with Crippen molar-refractivity contribution in [2.24, 2.45) is 7.05 Å². The molecule has 0 radical (unpaired) electrons. The van der Waals surface area contributed by atoms with Crippen LogP contribution < -0.4 is 25.6 Å². The molecule has 2 fully saturated rings. The fourth-order valence-corrected chi connectivity index (χ4v) is 7.82. The molecule has 4 heterocycles. The highest BCUT2D eigenvalue weighted by molar-refractivity contribution is 7.64. The van der Waals surface area contributed by atoms with Crippen molar-refractivity contribution >= 4 is 53.7 Å². The van der Waals surface area contributed by atoms with Crippen LogP contribution >= 0.6 is 19.5 Å². The summed E-state index contributed by atoms with van der Waals surface area (Å²) >= 11 is 6.63. The summed E-state index contributed by atoms with van der Waals surface area (Å²) in [5, 5.41) is 8.57. The SMILES string of the molecule is CCc1cc(Nc2ncc(Cl)c(Nc3ccc(-c4nccn4C)cc3P(C)C)n2)c(OC)cc1N1CCC(N2CCN(C)CC2)CC1. The standard InChI is InChI=1S/C35H47ClN9OP/c1-7-24-20-29(31(46-4)22-30(24)45-13-10-26(11-14-45)44-18-16-42(2)17-19-44)40-35-38-23-27(36)33(41-35)39-28-9-8-25(21-32(28)47(5)6)34-37-12-15-43(34)3/h8-9,12,15,20-23,26H,7,10-11,13-14,16-19H2,1-6H3,(H2,38,39,40,41). The normalized spacial score (nSPS) is 16.6. The third kappa shape index (κ3) is 7.51. The van der Waals surface area contributed by atoms with Gasteiger partial charge < -0.3 is 29.7 Å². The average molecular weight is 676 g/mol. The molecule has 2 aliphatic heterocycles. The van der Waals surface area contributed by atoms with Gasteiger partial charge in [-0.05, 0) is 74.8 Å². The van der Waals surface area contributed by atoms with Crippen LogP contribution in [0.4, 0.5) is 28.8 Å². The molecule has 2 N–H and O–H groups in total. The minimum Gasteiger partial charge on any atom is -0.494 e. The van der Waals surface area contributed by atoms with E-state index in [0.717, 1.165) is 48.0 Å². The largest absolute Gasteiger partial charge is 0.494 e. The Balaban J connectivity index is 1.19. The summed E-state index contributed by atoms with van der Waals surface area (Å²) in [6.07, 6.45) is 8.70. The maximum atomic E-state index is 6.63. The molecule has 2 aromatic carbocycles. The molecule has 12 heteroatoms. The molecule has 10 nitrogen and oxygen atoms in total. The van der Waals surface area contributed by atoms with Crippen LogP contribution in [0.25, 0.3) is 11.4 Å². The van der Waals surface area contributed by atoms with Crippen LogP contribution in [-0.2, 0) is 13.5 Å². The molecular formula is C35H47ClN9OP. The number of imidazole rings is 1. The van der Waals surface area contributed by atoms with Crippen molar-refractivity contribution in [3.05, 3.63) is 59.5 Å². The fourth-order valence-electron chi connectivity index (χ4n) is 6.67. The molecule has 2 saturated heterocycles. The number of hydrogen-bond donors (Lipinski definition) is 2. The molecule has 0 bridgehead atoms. The quantitative estimate of drug-likeness (QED) is 0.192. The minimum atomic E-state index is -0.427. The van der Waals surface area contributed by atoms with E-state index < -0.39 is 7.92 Å². The maximum Gasteiger partial charge on any atom is 0.229 e. The summed E-state index contributed by atoms with van der Waals surface area (Å²) < 4.78 is 7.94. The molecule has 2 aromatic heterocycles. The van der Waals surface area contributed by atoms with Gasteiger partial charge in [0, 0.05) is 87.8 Å². The third-order valence-electron chi connectivity index (χ3n) is 9.44. The van der Waals surface area contributed by atoms with Gasteiger partial charge in [-0.2, -0.15) is 4.98 Å². The molecule has 2 aliphatic rings. The van der Waals surface area contributed by atoms with E-state index in [1.165, 1.54) is 55.6 Å². The van der Waals surface area contributed by atoms with Gasteiger partial charge in [0.05, 0.1) is 19.0 Å². The first-order valence-electron chi connectivity index (χ1n) is 16.5. The highest BCUT2D eigenvalue weighted by atomic mass is 35.5. The van der Waals surface area contributed by atoms with Gasteiger partial charge in [-0.3, -0.25) is 4.90 Å². The first-order chi connectivity index (χ1) is 22.7. The lowest BCUT2D eigenvalue weighted by molar-refractivity contribution is 0.0982. The number of ether oxygens (including phenoxy) is 1. The molecule has 0 amide bonds. The van der Waals surface area contributed by atoms with Gasteiger partial charge in [0.2, 0.25) is 5.95 Å². The first-order valence-corrected chi connectivity index (χ1v) is 19.1. The second-order valence-corrected chi connectivity index (χ2v) is 15.4. The van der Waals surface area contributed by atoms with E-state index in [2.05, 4.69) is 92.9 Å². The van der Waals surface area contributed by atoms with Crippen molar-refractivity contribution < 1.29 is 4.74 Å². The highest BCUT2D eigenvalue weighted by Crippen LogP contribution is 2.38. The lowest BCUT2D eigenvalue weighted by Crippen LogP contribution is -2.52. The zero-order chi connectivity index (χ0) is 33.1. The number of hydrogen-bond acceptors (Lipinski definition) is 9. The number of nitrogens with zero attached hydrogens (tertiary/aromatic N) is 7. The number of anilines is 5. The molecule has 6 rings (SSSR count). The molecule has 4 aromatic rings. The van der Waals surface area contributed by atoms with Crippen LogP contribution in [0.15, 0.2) is 48.9 Å². The summed E-state index contributed by atoms with van der Waals surface area (Å²) in [4.78, 5) is 21.5. The first kappa shape index (κ1) is 33.5. The van der Waals surface area contributed by atoms with Crippen molar-refractivity contribution in [1.82, 2.24) is 29.3 Å². The number of likely N-dealkylation sites (N-methyl/N-ethyl adjacent to an activating group) is 1. The molecule has 0 saturated carbocycles. The lowest BCUT2D eigenvalue weighted by atomic mass is 9.99. The van der Waals surface area contributed by atoms with E-state index in [0.29, 0.717) is 22.8 Å². The second kappa shape index (κ2) is 14.8. The van der Waals surface area contributed by atoms with Gasteiger partial charge in [-0.1, -0.05) is 26.4 Å². The zero-order valence-electron chi connectivity index (χ0n) is 28.4. The van der Waals surface area contributed by atoms with Crippen molar-refractivity contribution in [3.63, 3.8) is 0 Å². The predicted octanol–water partition coefficient (Wildman–Crippen LogP) is 6.17. The Labute approximate surface area is 285 Å². The van der Waals surface area contributed by atoms with E-state index in [1.54, 1.807) is 13.3 Å². The molecule has 0 unspecified atom stereocenters. The Bertz CT molecular complexity index is 1680. The number of aromatic nitrogens is 4. The summed E-state index contributed by atoms with van der Waals surface area (Å²) in [6.45, 7) is 13.5. The number of piperidine rings is 1. The number of halogens is 1. The van der Waals surface area contributed by atoms with Crippen LogP contribution in [-0.4, -0.2) is 102 Å². The summed E-state index contributed by atoms with van der Waals surface area (Å²) in [7, 11) is 5.52. The number of rotatable bonds is 10. The third-order valence-corrected chi connectivity index (χ3v) is 11.1. The molecule has 47 heavy (non-hydrogen) atoms. The Morgan fingerprint density at radius 1 is 0.957 bits per heavy atom. The topological polar surface area (TPSA) is 86.6 Å². The molecular weight excluding hydrogens is 629 g/mol. The Morgan fingerprint density at radius 3 is 2.38 bits per heavy atom. The zero-order valence-corrected chi connectivity index (χ0v) is 30.1. The Kier molecular flexibility index (Phi) is 10.5. The van der Waals surface area contributed by atoms with E-state index in [9.17, 15) is 0 Å². The van der Waals surface area contributed by atoms with Crippen LogP contribution in [0, 0.1) is 0 Å². The smallest absolute Gasteiger partial charge is 0.229 e. The Morgan fingerprint density at radius 2 is 1.72 bits per heavy atom. The summed E-state index contributed by atoms with van der Waals surface area (Å²) in [6, 6.07) is 11.4. The van der Waals surface area contributed by atoms with Crippen molar-refractivity contribution in [2.45, 2.75) is 32.2 Å². The fraction of sp³-hybridized carbons (Fsp3) is 0.457. The van der Waals surface area contributed by atoms with Crippen LogP contribution in [0.5, 0.6) is 5.75 Å². The van der Waals surface area contributed by atoms with Crippen LogP contribution in [0.3, 0.4) is 0 Å². The highest BCUT2D eigenvalue weighted by Gasteiger charge is 2.28. The number of aryl methyl sites for hydroxylation is 2. The van der Waals surface area contributed by atoms with Gasteiger partial charge in [-0.25, -0.2) is 9.97 Å². The van der Waals surface area contributed by atoms with Gasteiger partial charge >= 0.3 is 0 Å². The van der Waals surface area contributed by atoms with Gasteiger partial charge in [0.1, 0.15) is 16.6 Å². The van der Waals surface area contributed by atoms with Gasteiger partial charge in [-0.15, -0.1) is 0 Å². The van der Waals surface area contributed by atoms with Crippen molar-refractivity contribution in [3.8, 4) is 17.1 Å². The number of methoxy groups -OCH3 is 1. The molecule has 0 spiro atoms. The maximum absolute atomic E-state index is 6.63. The molecule has 0 atom stereocenters. The van der Waals surface area contributed by atoms with Gasteiger partial charge in [0.25, 0.3) is 0 Å². The number of benzene rings is 2. The van der Waals surface area contributed by atoms with E-state index >= 15 is 0 Å². The Hall–Kier alpha value is -3.43. The second-order valence-electron chi connectivity index (χ2n) is 12.7. The molecule has 0 aliphatic carbocycles. The minimum absolute atomic E-state index is 0.427. The van der Waals surface area contributed by atoms with E-state index in [1.807, 2.05) is 24.0 Å². The monoisotopic (exact) mass is 675 g/mol. The summed E-state index contributed by atoms with van der Waals surface area (Å²) in [5.41, 5.74) is 5.40. The number of nitrogens with one attached hydrogen (secondary N) is 2. The van der Waals surface area contributed by atoms with E-state index in [4.69, 9.17) is 21.3 Å².